The van der Waals surface area contributed by atoms with Crippen molar-refractivity contribution >= 4 is 27.5 Å². The molecule has 2 aliphatic rings. The molecule has 2 aliphatic heterocycles. The summed E-state index contributed by atoms with van der Waals surface area (Å²) in [5.41, 5.74) is 0.799. The predicted molar refractivity (Wildman–Crippen MR) is 127 cm³/mol. The summed E-state index contributed by atoms with van der Waals surface area (Å²) in [6.07, 6.45) is -1.29. The van der Waals surface area contributed by atoms with E-state index in [0.29, 0.717) is 17.9 Å². The number of halogens is 2. The molecule has 2 saturated heterocycles. The van der Waals surface area contributed by atoms with Crippen molar-refractivity contribution in [2.24, 2.45) is 0 Å². The molecule has 4 atom stereocenters. The monoisotopic (exact) mass is 526 g/mol. The first-order valence-electron chi connectivity index (χ1n) is 11.4. The van der Waals surface area contributed by atoms with Crippen LogP contribution in [0.4, 0.5) is 4.39 Å². The zero-order valence-corrected chi connectivity index (χ0v) is 20.6. The van der Waals surface area contributed by atoms with Crippen LogP contribution < -0.4 is 5.32 Å². The summed E-state index contributed by atoms with van der Waals surface area (Å²) in [7, 11) is -4.25. The Morgan fingerprint density at radius 1 is 1.14 bits per heavy atom. The fourth-order valence-electron chi connectivity index (χ4n) is 4.47. The summed E-state index contributed by atoms with van der Waals surface area (Å²) in [6, 6.07) is 11.7. The van der Waals surface area contributed by atoms with E-state index < -0.39 is 45.1 Å². The molecule has 11 heteroatoms. The molecule has 2 aromatic carbocycles. The quantitative estimate of drug-likeness (QED) is 0.599. The minimum absolute atomic E-state index is 0.0444. The Bertz CT molecular complexity index is 1150. The minimum Gasteiger partial charge on any atom is -0.389 e. The van der Waals surface area contributed by atoms with Gasteiger partial charge in [-0.2, -0.15) is 4.31 Å². The number of carbonyl (C=O) groups excluding carboxylic acids is 1. The highest BCUT2D eigenvalue weighted by atomic mass is 35.5. The Labute approximate surface area is 209 Å². The predicted octanol–water partition coefficient (Wildman–Crippen LogP) is 2.48. The highest BCUT2D eigenvalue weighted by Gasteiger charge is 2.43. The standard InChI is InChI=1S/C24H28ClFN2O6S/c25-19-6-2-1-5-16(19)12-27-24(30)11-18-9-10-21-22(34-18)15-33-14-17(29)13-28(21)35(31,32)23-8-4-3-7-20(23)26/h1-8,17-18,21-22,29H,9-15H2,(H,27,30)/t17-,18-,21-,22+/m1/s1. The van der Waals surface area contributed by atoms with Gasteiger partial charge in [0.1, 0.15) is 10.7 Å². The zero-order valence-electron chi connectivity index (χ0n) is 19.0. The van der Waals surface area contributed by atoms with Crippen LogP contribution in [0.15, 0.2) is 53.4 Å². The summed E-state index contributed by atoms with van der Waals surface area (Å²) < 4.78 is 53.9. The highest BCUT2D eigenvalue weighted by molar-refractivity contribution is 7.89. The van der Waals surface area contributed by atoms with Crippen molar-refractivity contribution in [2.75, 3.05) is 19.8 Å². The van der Waals surface area contributed by atoms with Crippen molar-refractivity contribution in [3.63, 3.8) is 0 Å². The van der Waals surface area contributed by atoms with Crippen LogP contribution in [0.25, 0.3) is 0 Å². The van der Waals surface area contributed by atoms with Gasteiger partial charge in [-0.1, -0.05) is 41.9 Å². The van der Waals surface area contributed by atoms with E-state index in [4.69, 9.17) is 21.1 Å². The van der Waals surface area contributed by atoms with Gasteiger partial charge in [0.15, 0.2) is 0 Å². The van der Waals surface area contributed by atoms with E-state index in [-0.39, 0.29) is 38.6 Å². The molecule has 2 fully saturated rings. The van der Waals surface area contributed by atoms with Crippen molar-refractivity contribution in [3.05, 3.63) is 64.9 Å². The molecular weight excluding hydrogens is 499 g/mol. The van der Waals surface area contributed by atoms with E-state index in [1.165, 1.54) is 18.2 Å². The van der Waals surface area contributed by atoms with Crippen molar-refractivity contribution < 1.29 is 32.2 Å². The number of nitrogens with one attached hydrogen (secondary N) is 1. The summed E-state index contributed by atoms with van der Waals surface area (Å²) in [5, 5.41) is 13.7. The summed E-state index contributed by atoms with van der Waals surface area (Å²) >= 11 is 6.13. The number of hydrogen-bond acceptors (Lipinski definition) is 6. The molecule has 0 saturated carbocycles. The fraction of sp³-hybridized carbons (Fsp3) is 0.458. The third-order valence-corrected chi connectivity index (χ3v) is 8.50. The molecule has 0 aliphatic carbocycles. The van der Waals surface area contributed by atoms with Gasteiger partial charge in [-0.15, -0.1) is 0 Å². The third-order valence-electron chi connectivity index (χ3n) is 6.20. The number of carbonyl (C=O) groups is 1. The second-order valence-corrected chi connectivity index (χ2v) is 11.0. The molecule has 0 radical (unpaired) electrons. The molecule has 0 unspecified atom stereocenters. The second kappa shape index (κ2) is 11.3. The van der Waals surface area contributed by atoms with E-state index >= 15 is 0 Å². The molecule has 1 amide bonds. The Balaban J connectivity index is 1.44. The van der Waals surface area contributed by atoms with Gasteiger partial charge in [-0.25, -0.2) is 12.8 Å². The van der Waals surface area contributed by atoms with Crippen molar-refractivity contribution in [3.8, 4) is 0 Å². The van der Waals surface area contributed by atoms with Crippen LogP contribution in [-0.4, -0.2) is 67.8 Å². The normalized spacial score (nSPS) is 25.8. The van der Waals surface area contributed by atoms with Crippen molar-refractivity contribution in [1.29, 1.82) is 0 Å². The lowest BCUT2D eigenvalue weighted by Gasteiger charge is -2.43. The lowest BCUT2D eigenvalue weighted by molar-refractivity contribution is -0.146. The Hall–Kier alpha value is -2.08. The van der Waals surface area contributed by atoms with Crippen LogP contribution in [0.1, 0.15) is 24.8 Å². The number of aliphatic hydroxyl groups is 1. The van der Waals surface area contributed by atoms with Gasteiger partial charge in [0.2, 0.25) is 15.9 Å². The number of aliphatic hydroxyl groups excluding tert-OH is 1. The number of nitrogens with zero attached hydrogens (tertiary/aromatic N) is 1. The maximum atomic E-state index is 14.4. The lowest BCUT2D eigenvalue weighted by Crippen LogP contribution is -2.57. The number of hydrogen-bond donors (Lipinski definition) is 2. The van der Waals surface area contributed by atoms with Crippen LogP contribution in [-0.2, 0) is 30.8 Å². The number of amides is 1. The van der Waals surface area contributed by atoms with E-state index in [2.05, 4.69) is 5.32 Å². The molecule has 4 rings (SSSR count). The molecule has 2 aromatic rings. The van der Waals surface area contributed by atoms with E-state index in [9.17, 15) is 22.7 Å². The minimum atomic E-state index is -4.25. The number of ether oxygens (including phenoxy) is 2. The number of sulfonamides is 1. The van der Waals surface area contributed by atoms with E-state index in [1.54, 1.807) is 6.07 Å². The Morgan fingerprint density at radius 3 is 2.66 bits per heavy atom. The van der Waals surface area contributed by atoms with Gasteiger partial charge in [0.05, 0.1) is 44.0 Å². The van der Waals surface area contributed by atoms with Gasteiger partial charge in [0, 0.05) is 18.1 Å². The fourth-order valence-corrected chi connectivity index (χ4v) is 6.45. The van der Waals surface area contributed by atoms with Gasteiger partial charge in [0.25, 0.3) is 0 Å². The summed E-state index contributed by atoms with van der Waals surface area (Å²) in [4.78, 5) is 12.1. The molecular formula is C24H28ClFN2O6S. The first-order chi connectivity index (χ1) is 16.8. The Morgan fingerprint density at radius 2 is 1.89 bits per heavy atom. The second-order valence-electron chi connectivity index (χ2n) is 8.71. The van der Waals surface area contributed by atoms with Crippen LogP contribution in [0.3, 0.4) is 0 Å². The summed E-state index contributed by atoms with van der Waals surface area (Å²) in [6.45, 7) is -0.00125. The molecule has 8 nitrogen and oxygen atoms in total. The molecule has 35 heavy (non-hydrogen) atoms. The topological polar surface area (TPSA) is 105 Å². The van der Waals surface area contributed by atoms with Gasteiger partial charge in [-0.3, -0.25) is 4.79 Å². The van der Waals surface area contributed by atoms with Gasteiger partial charge >= 0.3 is 0 Å². The summed E-state index contributed by atoms with van der Waals surface area (Å²) in [5.74, 6) is -1.08. The molecule has 2 N–H and O–H groups in total. The molecule has 190 valence electrons. The van der Waals surface area contributed by atoms with Gasteiger partial charge < -0.3 is 19.9 Å². The van der Waals surface area contributed by atoms with Crippen molar-refractivity contribution in [2.45, 2.75) is 55.1 Å². The van der Waals surface area contributed by atoms with E-state index in [0.717, 1.165) is 15.9 Å². The van der Waals surface area contributed by atoms with Crippen molar-refractivity contribution in [1.82, 2.24) is 9.62 Å². The first kappa shape index (κ1) is 26.0. The molecule has 0 aromatic heterocycles. The third kappa shape index (κ3) is 6.19. The maximum Gasteiger partial charge on any atom is 0.246 e. The van der Waals surface area contributed by atoms with Crippen LogP contribution in [0, 0.1) is 5.82 Å². The van der Waals surface area contributed by atoms with Crippen LogP contribution >= 0.6 is 11.6 Å². The highest BCUT2D eigenvalue weighted by Crippen LogP contribution is 2.32. The maximum absolute atomic E-state index is 14.4. The Kier molecular flexibility index (Phi) is 8.41. The number of benzene rings is 2. The lowest BCUT2D eigenvalue weighted by atomic mass is 9.96. The van der Waals surface area contributed by atoms with E-state index in [1.807, 2.05) is 18.2 Å². The first-order valence-corrected chi connectivity index (χ1v) is 13.2. The average Bonchev–Trinajstić information content (AvgIpc) is 2.81. The zero-order chi connectivity index (χ0) is 25.0. The van der Waals surface area contributed by atoms with Gasteiger partial charge in [-0.05, 0) is 36.6 Å². The number of fused-ring (bicyclic) bond motifs is 1. The van der Waals surface area contributed by atoms with Crippen LogP contribution in [0.2, 0.25) is 5.02 Å². The smallest absolute Gasteiger partial charge is 0.246 e. The average molecular weight is 527 g/mol. The van der Waals surface area contributed by atoms with Crippen LogP contribution in [0.5, 0.6) is 0 Å². The molecule has 2 heterocycles. The molecule has 0 bridgehead atoms. The largest absolute Gasteiger partial charge is 0.389 e. The number of β-amino-alcohol motifs (C(OH)–C–C–N with tert-alkyl or cyclic N) is 1. The SMILES string of the molecule is O=C(C[C@H]1CC[C@@H]2[C@H](COC[C@H](O)CN2S(=O)(=O)c2ccccc2F)O1)NCc1ccccc1Cl. The molecule has 0 spiro atoms. The number of rotatable bonds is 6.